The van der Waals surface area contributed by atoms with Gasteiger partial charge in [0.15, 0.2) is 17.4 Å². The zero-order chi connectivity index (χ0) is 26.6. The van der Waals surface area contributed by atoms with E-state index in [0.29, 0.717) is 23.0 Å². The molecule has 0 aliphatic heterocycles. The maximum absolute atomic E-state index is 13.3. The first-order valence-corrected chi connectivity index (χ1v) is 13.4. The summed E-state index contributed by atoms with van der Waals surface area (Å²) < 4.78 is 4.18. The van der Waals surface area contributed by atoms with Crippen LogP contribution >= 0.6 is 0 Å². The van der Waals surface area contributed by atoms with E-state index in [1.165, 1.54) is 0 Å². The number of carbonyl (C=O) groups is 1. The van der Waals surface area contributed by atoms with Crippen LogP contribution in [0.3, 0.4) is 0 Å². The Hall–Kier alpha value is -4.35. The van der Waals surface area contributed by atoms with Gasteiger partial charge < -0.3 is 9.13 Å². The van der Waals surface area contributed by atoms with Gasteiger partial charge in [0.25, 0.3) is 0 Å². The molecule has 0 saturated heterocycles. The van der Waals surface area contributed by atoms with Gasteiger partial charge in [0.1, 0.15) is 0 Å². The van der Waals surface area contributed by atoms with Crippen LogP contribution in [0, 0.1) is 35.5 Å². The molecule has 4 aromatic rings. The average molecular weight is 501 g/mol. The summed E-state index contributed by atoms with van der Waals surface area (Å²) in [5.41, 5.74) is 4.86. The van der Waals surface area contributed by atoms with Crippen molar-refractivity contribution < 1.29 is 4.79 Å². The Kier molecular flexibility index (Phi) is 7.29. The third kappa shape index (κ3) is 5.20. The summed E-state index contributed by atoms with van der Waals surface area (Å²) in [5, 5.41) is 0. The van der Waals surface area contributed by atoms with E-state index in [0.717, 1.165) is 59.8 Å². The molecule has 0 saturated carbocycles. The Bertz CT molecular complexity index is 1500. The van der Waals surface area contributed by atoms with E-state index in [1.807, 2.05) is 48.8 Å². The SMILES string of the molecule is CC[C@@H](C)Cn1ccnc1C#Cc1ccc2c(c1)C(=O)c1cc(C#Cc3nccn3C[C@@H](C)CC)ccc1-2. The lowest BCUT2D eigenvalue weighted by Gasteiger charge is -2.09. The van der Waals surface area contributed by atoms with E-state index < -0.39 is 0 Å². The van der Waals surface area contributed by atoms with Gasteiger partial charge in [0.05, 0.1) is 0 Å². The second kappa shape index (κ2) is 11.0. The van der Waals surface area contributed by atoms with Gasteiger partial charge in [-0.2, -0.15) is 0 Å². The number of imidazole rings is 2. The number of hydrogen-bond donors (Lipinski definition) is 0. The van der Waals surface area contributed by atoms with Crippen molar-refractivity contribution in [2.75, 3.05) is 0 Å². The summed E-state index contributed by atoms with van der Waals surface area (Å²) in [7, 11) is 0. The summed E-state index contributed by atoms with van der Waals surface area (Å²) in [6, 6.07) is 11.7. The second-order valence-corrected chi connectivity index (χ2v) is 10.2. The van der Waals surface area contributed by atoms with Gasteiger partial charge in [-0.25, -0.2) is 9.97 Å². The highest BCUT2D eigenvalue weighted by Crippen LogP contribution is 2.37. The number of ketones is 1. The van der Waals surface area contributed by atoms with Crippen LogP contribution in [-0.2, 0) is 13.1 Å². The normalized spacial score (nSPS) is 13.1. The highest BCUT2D eigenvalue weighted by Gasteiger charge is 2.26. The van der Waals surface area contributed by atoms with Crippen molar-refractivity contribution in [2.24, 2.45) is 11.8 Å². The van der Waals surface area contributed by atoms with E-state index in [2.05, 4.69) is 70.5 Å². The summed E-state index contributed by atoms with van der Waals surface area (Å²) in [6.07, 6.45) is 9.73. The molecule has 0 N–H and O–H groups in total. The van der Waals surface area contributed by atoms with Crippen molar-refractivity contribution in [1.29, 1.82) is 0 Å². The Morgan fingerprint density at radius 3 is 1.55 bits per heavy atom. The molecule has 1 aliphatic rings. The zero-order valence-corrected chi connectivity index (χ0v) is 22.5. The topological polar surface area (TPSA) is 52.7 Å². The number of rotatable bonds is 6. The van der Waals surface area contributed by atoms with Crippen molar-refractivity contribution in [3.05, 3.63) is 95.1 Å². The minimum Gasteiger partial charge on any atom is -0.324 e. The van der Waals surface area contributed by atoms with E-state index in [9.17, 15) is 4.79 Å². The summed E-state index contributed by atoms with van der Waals surface area (Å²) in [5.74, 6) is 15.4. The first-order chi connectivity index (χ1) is 18.5. The number of hydrogen-bond acceptors (Lipinski definition) is 3. The third-order valence-electron chi connectivity index (χ3n) is 7.30. The molecule has 5 nitrogen and oxygen atoms in total. The lowest BCUT2D eigenvalue weighted by atomic mass is 10.0. The van der Waals surface area contributed by atoms with Crippen LogP contribution < -0.4 is 0 Å². The Morgan fingerprint density at radius 1 is 0.684 bits per heavy atom. The predicted octanol–water partition coefficient (Wildman–Crippen LogP) is 6.18. The minimum absolute atomic E-state index is 0.0128. The molecular weight excluding hydrogens is 468 g/mol. The molecule has 0 radical (unpaired) electrons. The first-order valence-electron chi connectivity index (χ1n) is 13.4. The molecule has 1 aliphatic carbocycles. The smallest absolute Gasteiger partial charge is 0.194 e. The predicted molar refractivity (Wildman–Crippen MR) is 151 cm³/mol. The van der Waals surface area contributed by atoms with Crippen LogP contribution in [0.25, 0.3) is 11.1 Å². The van der Waals surface area contributed by atoms with Crippen molar-refractivity contribution in [1.82, 2.24) is 19.1 Å². The minimum atomic E-state index is 0.0128. The molecule has 2 aromatic carbocycles. The molecule has 2 atom stereocenters. The Labute approximate surface area is 225 Å². The van der Waals surface area contributed by atoms with Crippen LogP contribution in [0.2, 0.25) is 0 Å². The van der Waals surface area contributed by atoms with Gasteiger partial charge in [-0.15, -0.1) is 0 Å². The fraction of sp³-hybridized carbons (Fsp3) is 0.303. The van der Waals surface area contributed by atoms with Crippen molar-refractivity contribution in [3.8, 4) is 34.8 Å². The molecule has 0 spiro atoms. The third-order valence-corrected chi connectivity index (χ3v) is 7.30. The zero-order valence-electron chi connectivity index (χ0n) is 22.5. The van der Waals surface area contributed by atoms with Crippen LogP contribution in [0.4, 0.5) is 0 Å². The number of benzene rings is 2. The van der Waals surface area contributed by atoms with Crippen molar-refractivity contribution >= 4 is 5.78 Å². The standard InChI is InChI=1S/C33H32N4O/c1-5-23(3)21-36-17-15-34-31(36)13-9-25-7-11-27-28-12-8-26(20-30(28)33(38)29(27)19-25)10-14-32-35-16-18-37(32)22-24(4)6-2/h7-8,11-12,15-20,23-24H,5-6,21-22H2,1-4H3/t23-,24+. The molecule has 2 aromatic heterocycles. The average Bonchev–Trinajstić information content (AvgIpc) is 3.64. The molecule has 38 heavy (non-hydrogen) atoms. The monoisotopic (exact) mass is 500 g/mol. The summed E-state index contributed by atoms with van der Waals surface area (Å²) >= 11 is 0. The van der Waals surface area contributed by atoms with Gasteiger partial charge in [0.2, 0.25) is 0 Å². The molecule has 0 fully saturated rings. The van der Waals surface area contributed by atoms with E-state index in [1.54, 1.807) is 12.4 Å². The lowest BCUT2D eigenvalue weighted by molar-refractivity contribution is 0.104. The molecule has 5 rings (SSSR count). The number of nitrogens with zero attached hydrogens (tertiary/aromatic N) is 4. The molecule has 190 valence electrons. The summed E-state index contributed by atoms with van der Waals surface area (Å²) in [4.78, 5) is 22.2. The van der Waals surface area contributed by atoms with E-state index >= 15 is 0 Å². The van der Waals surface area contributed by atoms with Gasteiger partial charge in [-0.3, -0.25) is 4.79 Å². The number of fused-ring (bicyclic) bond motifs is 3. The maximum atomic E-state index is 13.3. The highest BCUT2D eigenvalue weighted by molar-refractivity contribution is 6.22. The van der Waals surface area contributed by atoms with Crippen molar-refractivity contribution in [3.63, 3.8) is 0 Å². The molecule has 5 heteroatoms. The van der Waals surface area contributed by atoms with Gasteiger partial charge >= 0.3 is 0 Å². The van der Waals surface area contributed by atoms with Crippen LogP contribution in [0.15, 0.2) is 61.2 Å². The van der Waals surface area contributed by atoms with Crippen LogP contribution in [-0.4, -0.2) is 24.9 Å². The maximum Gasteiger partial charge on any atom is 0.194 e. The van der Waals surface area contributed by atoms with Gasteiger partial charge in [-0.1, -0.05) is 64.5 Å². The Morgan fingerprint density at radius 2 is 1.13 bits per heavy atom. The van der Waals surface area contributed by atoms with Crippen LogP contribution in [0.5, 0.6) is 0 Å². The van der Waals surface area contributed by atoms with Crippen LogP contribution in [0.1, 0.15) is 79.2 Å². The highest BCUT2D eigenvalue weighted by atomic mass is 16.1. The molecule has 0 unspecified atom stereocenters. The Balaban J connectivity index is 1.37. The number of aromatic nitrogens is 4. The number of carbonyl (C=O) groups excluding carboxylic acids is 1. The lowest BCUT2D eigenvalue weighted by Crippen LogP contribution is -2.07. The van der Waals surface area contributed by atoms with Crippen molar-refractivity contribution in [2.45, 2.75) is 53.6 Å². The molecule has 0 amide bonds. The van der Waals surface area contributed by atoms with Gasteiger partial charge in [0, 0.05) is 60.1 Å². The second-order valence-electron chi connectivity index (χ2n) is 10.2. The fourth-order valence-corrected chi connectivity index (χ4v) is 4.58. The van der Waals surface area contributed by atoms with E-state index in [-0.39, 0.29) is 5.78 Å². The van der Waals surface area contributed by atoms with Gasteiger partial charge in [-0.05, 0) is 59.1 Å². The quantitative estimate of drug-likeness (QED) is 0.262. The summed E-state index contributed by atoms with van der Waals surface area (Å²) in [6.45, 7) is 10.6. The fourth-order valence-electron chi connectivity index (χ4n) is 4.58. The first kappa shape index (κ1) is 25.3. The molecule has 0 bridgehead atoms. The molecular formula is C33H32N4O. The van der Waals surface area contributed by atoms with E-state index in [4.69, 9.17) is 0 Å². The largest absolute Gasteiger partial charge is 0.324 e. The molecule has 2 heterocycles.